The number of hydrogen-bond acceptors (Lipinski definition) is 2. The van der Waals surface area contributed by atoms with Crippen LogP contribution in [-0.4, -0.2) is 16.0 Å². The van der Waals surface area contributed by atoms with Crippen LogP contribution in [0.1, 0.15) is 19.8 Å². The van der Waals surface area contributed by atoms with Crippen LogP contribution in [0.3, 0.4) is 0 Å². The van der Waals surface area contributed by atoms with E-state index in [1.807, 2.05) is 53.2 Å². The lowest BCUT2D eigenvalue weighted by Crippen LogP contribution is -1.95. The van der Waals surface area contributed by atoms with Crippen molar-refractivity contribution in [2.75, 3.05) is 6.61 Å². The predicted molar refractivity (Wildman–Crippen MR) is 96.4 cm³/mol. The standard InChI is InChI=1S/C17H17ClN2O.BrH/c1-2-3-10-21-15-7-4-13(5-8-15)16-12-20-11-14(18)6-9-17(20)19-16;/h4-9,11-12H,2-3,10H2,1H3;1H. The Balaban J connectivity index is 0.00000176. The summed E-state index contributed by atoms with van der Waals surface area (Å²) in [6.45, 7) is 2.92. The molecule has 0 N–H and O–H groups in total. The number of imidazole rings is 1. The molecule has 0 fully saturated rings. The molecule has 116 valence electrons. The maximum Gasteiger partial charge on any atom is 0.137 e. The smallest absolute Gasteiger partial charge is 0.137 e. The SMILES string of the molecule is Br.CCCCOc1ccc(-c2cn3cc(Cl)ccc3n2)cc1. The zero-order valence-corrected chi connectivity index (χ0v) is 14.8. The molecule has 0 saturated carbocycles. The van der Waals surface area contributed by atoms with E-state index in [0.717, 1.165) is 42.1 Å². The lowest BCUT2D eigenvalue weighted by atomic mass is 10.2. The summed E-state index contributed by atoms with van der Waals surface area (Å²) in [6.07, 6.45) is 6.06. The first kappa shape index (κ1) is 16.8. The number of benzene rings is 1. The first-order valence-corrected chi connectivity index (χ1v) is 7.51. The van der Waals surface area contributed by atoms with Crippen molar-refractivity contribution >= 4 is 34.2 Å². The van der Waals surface area contributed by atoms with E-state index in [0.29, 0.717) is 5.02 Å². The predicted octanol–water partition coefficient (Wildman–Crippen LogP) is 5.41. The Hall–Kier alpha value is -1.52. The van der Waals surface area contributed by atoms with E-state index in [9.17, 15) is 0 Å². The van der Waals surface area contributed by atoms with Crippen LogP contribution in [-0.2, 0) is 0 Å². The summed E-state index contributed by atoms with van der Waals surface area (Å²) in [5.41, 5.74) is 2.88. The number of unbranched alkanes of at least 4 members (excludes halogenated alkanes) is 1. The minimum atomic E-state index is 0. The van der Waals surface area contributed by atoms with Crippen LogP contribution >= 0.6 is 28.6 Å². The van der Waals surface area contributed by atoms with Crippen LogP contribution in [0.25, 0.3) is 16.9 Å². The van der Waals surface area contributed by atoms with Gasteiger partial charge in [-0.1, -0.05) is 24.9 Å². The van der Waals surface area contributed by atoms with Crippen molar-refractivity contribution in [2.24, 2.45) is 0 Å². The van der Waals surface area contributed by atoms with Gasteiger partial charge in [0.1, 0.15) is 11.4 Å². The van der Waals surface area contributed by atoms with Crippen molar-refractivity contribution in [3.8, 4) is 17.0 Å². The van der Waals surface area contributed by atoms with Crippen LogP contribution < -0.4 is 4.74 Å². The van der Waals surface area contributed by atoms with E-state index >= 15 is 0 Å². The highest BCUT2D eigenvalue weighted by Gasteiger charge is 2.05. The van der Waals surface area contributed by atoms with Crippen LogP contribution in [0.2, 0.25) is 5.02 Å². The van der Waals surface area contributed by atoms with Gasteiger partial charge in [-0.2, -0.15) is 0 Å². The molecule has 3 aromatic rings. The van der Waals surface area contributed by atoms with E-state index in [4.69, 9.17) is 16.3 Å². The average Bonchev–Trinajstić information content (AvgIpc) is 2.91. The second-order valence-corrected chi connectivity index (χ2v) is 5.40. The van der Waals surface area contributed by atoms with Crippen molar-refractivity contribution in [2.45, 2.75) is 19.8 Å². The molecule has 3 nitrogen and oxygen atoms in total. The van der Waals surface area contributed by atoms with Gasteiger partial charge in [-0.3, -0.25) is 0 Å². The highest BCUT2D eigenvalue weighted by atomic mass is 79.9. The van der Waals surface area contributed by atoms with Gasteiger partial charge in [0.2, 0.25) is 0 Å². The zero-order valence-electron chi connectivity index (χ0n) is 12.3. The molecule has 0 aliphatic heterocycles. The fraction of sp³-hybridized carbons (Fsp3) is 0.235. The molecule has 0 unspecified atom stereocenters. The van der Waals surface area contributed by atoms with E-state index in [-0.39, 0.29) is 17.0 Å². The molecule has 0 spiro atoms. The third-order valence-electron chi connectivity index (χ3n) is 3.33. The van der Waals surface area contributed by atoms with Crippen molar-refractivity contribution in [1.29, 1.82) is 0 Å². The Morgan fingerprint density at radius 3 is 2.59 bits per heavy atom. The summed E-state index contributed by atoms with van der Waals surface area (Å²) < 4.78 is 7.60. The molecular weight excluding hydrogens is 364 g/mol. The van der Waals surface area contributed by atoms with Crippen molar-refractivity contribution < 1.29 is 4.74 Å². The number of halogens is 2. The maximum atomic E-state index is 5.99. The summed E-state index contributed by atoms with van der Waals surface area (Å²) in [5.74, 6) is 0.902. The first-order chi connectivity index (χ1) is 10.3. The van der Waals surface area contributed by atoms with E-state index < -0.39 is 0 Å². The van der Waals surface area contributed by atoms with Crippen molar-refractivity contribution in [3.63, 3.8) is 0 Å². The number of nitrogens with zero attached hydrogens (tertiary/aromatic N) is 2. The van der Waals surface area contributed by atoms with Gasteiger partial charge in [0.05, 0.1) is 17.3 Å². The summed E-state index contributed by atoms with van der Waals surface area (Å²) in [6, 6.07) is 11.8. The molecule has 0 radical (unpaired) electrons. The normalized spacial score (nSPS) is 10.5. The minimum absolute atomic E-state index is 0. The fourth-order valence-electron chi connectivity index (χ4n) is 2.16. The number of hydrogen-bond donors (Lipinski definition) is 0. The largest absolute Gasteiger partial charge is 0.494 e. The molecule has 0 saturated heterocycles. The molecule has 0 amide bonds. The second-order valence-electron chi connectivity index (χ2n) is 4.97. The molecular formula is C17H18BrClN2O. The Morgan fingerprint density at radius 1 is 1.09 bits per heavy atom. The molecule has 0 bridgehead atoms. The summed E-state index contributed by atoms with van der Waals surface area (Å²) in [4.78, 5) is 4.59. The van der Waals surface area contributed by atoms with Crippen LogP contribution in [0, 0.1) is 0 Å². The molecule has 1 aromatic carbocycles. The van der Waals surface area contributed by atoms with Crippen LogP contribution in [0.5, 0.6) is 5.75 Å². The lowest BCUT2D eigenvalue weighted by Gasteiger charge is -2.05. The van der Waals surface area contributed by atoms with E-state index in [2.05, 4.69) is 11.9 Å². The zero-order chi connectivity index (χ0) is 14.7. The minimum Gasteiger partial charge on any atom is -0.494 e. The number of rotatable bonds is 5. The Bertz CT molecular complexity index is 740. The van der Waals surface area contributed by atoms with Crippen molar-refractivity contribution in [3.05, 3.63) is 53.8 Å². The van der Waals surface area contributed by atoms with E-state index in [1.165, 1.54) is 0 Å². The molecule has 2 heterocycles. The van der Waals surface area contributed by atoms with Gasteiger partial charge in [-0.25, -0.2) is 4.98 Å². The lowest BCUT2D eigenvalue weighted by molar-refractivity contribution is 0.309. The molecule has 22 heavy (non-hydrogen) atoms. The highest BCUT2D eigenvalue weighted by molar-refractivity contribution is 8.93. The number of ether oxygens (including phenoxy) is 1. The Kier molecular flexibility index (Phi) is 5.86. The summed E-state index contributed by atoms with van der Waals surface area (Å²) in [7, 11) is 0. The monoisotopic (exact) mass is 380 g/mol. The topological polar surface area (TPSA) is 26.5 Å². The number of fused-ring (bicyclic) bond motifs is 1. The van der Waals surface area contributed by atoms with Crippen molar-refractivity contribution in [1.82, 2.24) is 9.38 Å². The molecule has 2 aromatic heterocycles. The summed E-state index contributed by atoms with van der Waals surface area (Å²) >= 11 is 5.99. The van der Waals surface area contributed by atoms with Gasteiger partial charge >= 0.3 is 0 Å². The van der Waals surface area contributed by atoms with E-state index in [1.54, 1.807) is 0 Å². The third kappa shape index (κ3) is 3.81. The molecule has 5 heteroatoms. The molecule has 3 rings (SSSR count). The Labute approximate surface area is 145 Å². The Morgan fingerprint density at radius 2 is 1.86 bits per heavy atom. The second kappa shape index (κ2) is 7.65. The highest BCUT2D eigenvalue weighted by Crippen LogP contribution is 2.23. The number of pyridine rings is 1. The van der Waals surface area contributed by atoms with Gasteiger partial charge in [0.25, 0.3) is 0 Å². The molecule has 0 aliphatic carbocycles. The van der Waals surface area contributed by atoms with Crippen LogP contribution in [0.4, 0.5) is 0 Å². The van der Waals surface area contributed by atoms with Gasteiger partial charge in [0.15, 0.2) is 0 Å². The van der Waals surface area contributed by atoms with Crippen LogP contribution in [0.15, 0.2) is 48.8 Å². The van der Waals surface area contributed by atoms with Gasteiger partial charge < -0.3 is 9.14 Å². The maximum absolute atomic E-state index is 5.99. The number of aromatic nitrogens is 2. The summed E-state index contributed by atoms with van der Waals surface area (Å²) in [5, 5.41) is 0.700. The van der Waals surface area contributed by atoms with Gasteiger partial charge in [0, 0.05) is 18.0 Å². The third-order valence-corrected chi connectivity index (χ3v) is 3.56. The first-order valence-electron chi connectivity index (χ1n) is 7.14. The average molecular weight is 382 g/mol. The van der Waals surface area contributed by atoms with Gasteiger partial charge in [-0.05, 0) is 42.8 Å². The van der Waals surface area contributed by atoms with Gasteiger partial charge in [-0.15, -0.1) is 17.0 Å². The molecule has 0 atom stereocenters. The fourth-order valence-corrected chi connectivity index (χ4v) is 2.33. The quantitative estimate of drug-likeness (QED) is 0.552. The molecule has 0 aliphatic rings.